The molecule has 0 spiro atoms. The number of rotatable bonds is 6. The number of aromatic nitrogens is 2. The summed E-state index contributed by atoms with van der Waals surface area (Å²) in [6.07, 6.45) is 1.88. The van der Waals surface area contributed by atoms with Crippen molar-refractivity contribution in [1.29, 1.82) is 0 Å². The Morgan fingerprint density at radius 1 is 1.41 bits per heavy atom. The van der Waals surface area contributed by atoms with Crippen LogP contribution >= 0.6 is 0 Å². The van der Waals surface area contributed by atoms with Crippen LogP contribution in [0.2, 0.25) is 0 Å². The summed E-state index contributed by atoms with van der Waals surface area (Å²) in [5.74, 6) is -0.605. The van der Waals surface area contributed by atoms with Crippen molar-refractivity contribution in [3.05, 3.63) is 48.9 Å². The molecule has 0 fully saturated rings. The molecule has 1 N–H and O–H groups in total. The summed E-state index contributed by atoms with van der Waals surface area (Å²) in [5.41, 5.74) is 1.01. The highest BCUT2D eigenvalue weighted by Crippen LogP contribution is 2.17. The number of hydrogen-bond acceptors (Lipinski definition) is 6. The third-order valence-corrected chi connectivity index (χ3v) is 2.80. The molecule has 1 heterocycles. The summed E-state index contributed by atoms with van der Waals surface area (Å²) in [4.78, 5) is 23.6. The van der Waals surface area contributed by atoms with E-state index in [1.807, 2.05) is 0 Å². The minimum atomic E-state index is -0.886. The van der Waals surface area contributed by atoms with E-state index in [2.05, 4.69) is 22.1 Å². The van der Waals surface area contributed by atoms with E-state index in [9.17, 15) is 9.59 Å². The van der Waals surface area contributed by atoms with Crippen molar-refractivity contribution >= 4 is 11.9 Å². The third kappa shape index (κ3) is 3.78. The van der Waals surface area contributed by atoms with Gasteiger partial charge in [-0.2, -0.15) is 0 Å². The van der Waals surface area contributed by atoms with Gasteiger partial charge in [-0.15, -0.1) is 16.8 Å². The molecule has 22 heavy (non-hydrogen) atoms. The van der Waals surface area contributed by atoms with E-state index in [1.54, 1.807) is 30.3 Å². The SMILES string of the molecule is C=CCNC(=O)[C@H](C)OC(=O)c1ccc(-c2nnco2)cc1. The van der Waals surface area contributed by atoms with Crippen molar-refractivity contribution in [2.24, 2.45) is 0 Å². The predicted octanol–water partition coefficient (Wildman–Crippen LogP) is 1.58. The molecular weight excluding hydrogens is 286 g/mol. The first-order valence-electron chi connectivity index (χ1n) is 6.58. The first kappa shape index (κ1) is 15.4. The van der Waals surface area contributed by atoms with Crippen LogP contribution in [-0.2, 0) is 9.53 Å². The van der Waals surface area contributed by atoms with E-state index in [1.165, 1.54) is 13.3 Å². The Hall–Kier alpha value is -2.96. The number of amides is 1. The van der Waals surface area contributed by atoms with Gasteiger partial charge in [0.05, 0.1) is 5.56 Å². The molecule has 114 valence electrons. The molecule has 7 heteroatoms. The predicted molar refractivity (Wildman–Crippen MR) is 77.8 cm³/mol. The first-order valence-corrected chi connectivity index (χ1v) is 6.58. The lowest BCUT2D eigenvalue weighted by molar-refractivity contribution is -0.128. The second-order valence-corrected chi connectivity index (χ2v) is 4.40. The summed E-state index contributed by atoms with van der Waals surface area (Å²) < 4.78 is 10.1. The number of hydrogen-bond donors (Lipinski definition) is 1. The van der Waals surface area contributed by atoms with Crippen molar-refractivity contribution in [3.63, 3.8) is 0 Å². The van der Waals surface area contributed by atoms with Crippen molar-refractivity contribution in [1.82, 2.24) is 15.5 Å². The normalized spacial score (nSPS) is 11.5. The topological polar surface area (TPSA) is 94.3 Å². The number of esters is 1. The molecule has 0 aliphatic rings. The Balaban J connectivity index is 1.98. The Labute approximate surface area is 127 Å². The van der Waals surface area contributed by atoms with Crippen LogP contribution in [0.25, 0.3) is 11.5 Å². The number of benzene rings is 1. The second-order valence-electron chi connectivity index (χ2n) is 4.40. The summed E-state index contributed by atoms with van der Waals surface area (Å²) in [7, 11) is 0. The smallest absolute Gasteiger partial charge is 0.338 e. The summed E-state index contributed by atoms with van der Waals surface area (Å²) >= 11 is 0. The van der Waals surface area contributed by atoms with E-state index in [0.29, 0.717) is 23.6 Å². The molecule has 2 rings (SSSR count). The summed E-state index contributed by atoms with van der Waals surface area (Å²) in [6, 6.07) is 6.45. The van der Waals surface area contributed by atoms with Crippen LogP contribution in [0.15, 0.2) is 47.7 Å². The van der Waals surface area contributed by atoms with E-state index in [-0.39, 0.29) is 5.91 Å². The molecule has 1 aromatic heterocycles. The van der Waals surface area contributed by atoms with Gasteiger partial charge in [-0.05, 0) is 31.2 Å². The maximum absolute atomic E-state index is 12.0. The van der Waals surface area contributed by atoms with Crippen molar-refractivity contribution in [2.75, 3.05) is 6.54 Å². The Kier molecular flexibility index (Phi) is 5.02. The first-order chi connectivity index (χ1) is 10.6. The largest absolute Gasteiger partial charge is 0.449 e. The van der Waals surface area contributed by atoms with Crippen LogP contribution in [0.3, 0.4) is 0 Å². The molecule has 1 amide bonds. The van der Waals surface area contributed by atoms with Crippen molar-refractivity contribution in [3.8, 4) is 11.5 Å². The van der Waals surface area contributed by atoms with Gasteiger partial charge >= 0.3 is 5.97 Å². The highest BCUT2D eigenvalue weighted by atomic mass is 16.5. The molecule has 0 bridgehead atoms. The fraction of sp³-hybridized carbons (Fsp3) is 0.200. The number of ether oxygens (including phenoxy) is 1. The molecule has 1 aromatic carbocycles. The van der Waals surface area contributed by atoms with Gasteiger partial charge in [0.25, 0.3) is 5.91 Å². The quantitative estimate of drug-likeness (QED) is 0.643. The van der Waals surface area contributed by atoms with Gasteiger partial charge in [0.15, 0.2) is 6.10 Å². The maximum atomic E-state index is 12.0. The number of carbonyl (C=O) groups excluding carboxylic acids is 2. The van der Waals surface area contributed by atoms with Crippen LogP contribution < -0.4 is 5.32 Å². The number of nitrogens with one attached hydrogen (secondary N) is 1. The molecular formula is C15H15N3O4. The Bertz CT molecular complexity index is 650. The minimum Gasteiger partial charge on any atom is -0.449 e. The molecule has 0 aliphatic carbocycles. The zero-order valence-corrected chi connectivity index (χ0v) is 12.0. The molecule has 7 nitrogen and oxygen atoms in total. The van der Waals surface area contributed by atoms with Crippen LogP contribution in [0.1, 0.15) is 17.3 Å². The molecule has 0 saturated heterocycles. The van der Waals surface area contributed by atoms with E-state index >= 15 is 0 Å². The summed E-state index contributed by atoms with van der Waals surface area (Å²) in [6.45, 7) is 5.31. The molecule has 2 aromatic rings. The molecule has 0 aliphatic heterocycles. The standard InChI is InChI=1S/C15H15N3O4/c1-3-8-16-13(19)10(2)22-15(20)12-6-4-11(5-7-12)14-18-17-9-21-14/h3-7,9-10H,1,8H2,2H3,(H,16,19)/t10-/m0/s1. The summed E-state index contributed by atoms with van der Waals surface area (Å²) in [5, 5.41) is 9.90. The van der Waals surface area contributed by atoms with E-state index in [0.717, 1.165) is 0 Å². The maximum Gasteiger partial charge on any atom is 0.338 e. The van der Waals surface area contributed by atoms with Crippen LogP contribution in [0, 0.1) is 0 Å². The molecule has 0 radical (unpaired) electrons. The zero-order valence-electron chi connectivity index (χ0n) is 12.0. The highest BCUT2D eigenvalue weighted by molar-refractivity contribution is 5.92. The van der Waals surface area contributed by atoms with E-state index in [4.69, 9.17) is 9.15 Å². The highest BCUT2D eigenvalue weighted by Gasteiger charge is 2.18. The molecule has 0 saturated carbocycles. The lowest BCUT2D eigenvalue weighted by atomic mass is 10.1. The average molecular weight is 301 g/mol. The van der Waals surface area contributed by atoms with Crippen LogP contribution in [-0.4, -0.2) is 34.7 Å². The monoisotopic (exact) mass is 301 g/mol. The molecule has 1 atom stereocenters. The number of carbonyl (C=O) groups is 2. The fourth-order valence-corrected chi connectivity index (χ4v) is 1.65. The lowest BCUT2D eigenvalue weighted by Gasteiger charge is -2.12. The fourth-order valence-electron chi connectivity index (χ4n) is 1.65. The zero-order chi connectivity index (χ0) is 15.9. The molecule has 0 unspecified atom stereocenters. The van der Waals surface area contributed by atoms with Gasteiger partial charge < -0.3 is 14.5 Å². The van der Waals surface area contributed by atoms with Crippen LogP contribution in [0.4, 0.5) is 0 Å². The van der Waals surface area contributed by atoms with Gasteiger partial charge in [-0.25, -0.2) is 4.79 Å². The van der Waals surface area contributed by atoms with Gasteiger partial charge in [0.1, 0.15) is 0 Å². The van der Waals surface area contributed by atoms with Crippen LogP contribution in [0.5, 0.6) is 0 Å². The Morgan fingerprint density at radius 2 is 2.14 bits per heavy atom. The minimum absolute atomic E-state index is 0.319. The number of nitrogens with zero attached hydrogens (tertiary/aromatic N) is 2. The van der Waals surface area contributed by atoms with Crippen molar-refractivity contribution < 1.29 is 18.7 Å². The lowest BCUT2D eigenvalue weighted by Crippen LogP contribution is -2.35. The van der Waals surface area contributed by atoms with Gasteiger partial charge in [-0.1, -0.05) is 6.08 Å². The Morgan fingerprint density at radius 3 is 2.73 bits per heavy atom. The van der Waals surface area contributed by atoms with E-state index < -0.39 is 12.1 Å². The second kappa shape index (κ2) is 7.16. The van der Waals surface area contributed by atoms with Gasteiger partial charge in [0, 0.05) is 12.1 Å². The average Bonchev–Trinajstić information content (AvgIpc) is 3.07. The van der Waals surface area contributed by atoms with Gasteiger partial charge in [-0.3, -0.25) is 4.79 Å². The van der Waals surface area contributed by atoms with Gasteiger partial charge in [0.2, 0.25) is 12.3 Å². The third-order valence-electron chi connectivity index (χ3n) is 2.80. The van der Waals surface area contributed by atoms with Crippen molar-refractivity contribution in [2.45, 2.75) is 13.0 Å².